The van der Waals surface area contributed by atoms with Gasteiger partial charge in [0, 0.05) is 98.9 Å². The second-order valence-corrected chi connectivity index (χ2v) is 16.6. The van der Waals surface area contributed by atoms with Gasteiger partial charge in [-0.15, -0.1) is 0 Å². The van der Waals surface area contributed by atoms with Gasteiger partial charge in [0.1, 0.15) is 11.6 Å². The van der Waals surface area contributed by atoms with Crippen LogP contribution in [-0.4, -0.2) is 49.0 Å². The maximum Gasteiger partial charge on any atom is 0.417 e. The van der Waals surface area contributed by atoms with Crippen molar-refractivity contribution in [3.63, 3.8) is 0 Å². The molecule has 12 aromatic rings. The van der Waals surface area contributed by atoms with Crippen molar-refractivity contribution in [2.45, 2.75) is 12.4 Å². The Hall–Kier alpha value is -9.69. The van der Waals surface area contributed by atoms with Gasteiger partial charge < -0.3 is 9.13 Å². The lowest BCUT2D eigenvalue weighted by atomic mass is 9.91. The Kier molecular flexibility index (Phi) is 10.2. The fourth-order valence-electron chi connectivity index (χ4n) is 9.46. The SMILES string of the molecule is N#Cc1c(-n2c3cc(-c4ncccn4)ccc3c3ccc(-c4ncccn4)cc32)cc(-c2c(C(F)(F)F)cccc2C(F)(F)F)cc1-n1c2cc(-c3ncccn3)ccc2c2ccc(-c3ncccn3)cc21. The van der Waals surface area contributed by atoms with E-state index in [1.165, 1.54) is 12.1 Å². The smallest absolute Gasteiger partial charge is 0.308 e. The minimum atomic E-state index is -5.26. The Morgan fingerprint density at radius 2 is 0.653 bits per heavy atom. The first kappa shape index (κ1) is 43.6. The molecule has 72 heavy (non-hydrogen) atoms. The molecule has 6 aromatic heterocycles. The number of nitrogens with zero attached hydrogens (tertiary/aromatic N) is 11. The molecule has 0 saturated heterocycles. The summed E-state index contributed by atoms with van der Waals surface area (Å²) >= 11 is 0. The fourth-order valence-corrected chi connectivity index (χ4v) is 9.46. The largest absolute Gasteiger partial charge is 0.417 e. The fraction of sp³-hybridized carbons (Fsp3) is 0.0364. The van der Waals surface area contributed by atoms with Gasteiger partial charge in [0.05, 0.1) is 44.6 Å². The predicted octanol–water partition coefficient (Wildman–Crippen LogP) is 13.3. The van der Waals surface area contributed by atoms with Crippen LogP contribution in [0.1, 0.15) is 16.7 Å². The van der Waals surface area contributed by atoms with Crippen molar-refractivity contribution in [2.24, 2.45) is 0 Å². The molecule has 12 rings (SSSR count). The van der Waals surface area contributed by atoms with Crippen LogP contribution in [0.3, 0.4) is 0 Å². The van der Waals surface area contributed by atoms with Crippen LogP contribution in [0.25, 0.3) is 112 Å². The molecular weight excluding hydrogens is 929 g/mol. The van der Waals surface area contributed by atoms with Gasteiger partial charge in [-0.2, -0.15) is 31.6 Å². The Balaban J connectivity index is 1.28. The zero-order valence-corrected chi connectivity index (χ0v) is 36.9. The van der Waals surface area contributed by atoms with Gasteiger partial charge in [-0.05, 0) is 78.4 Å². The summed E-state index contributed by atoms with van der Waals surface area (Å²) in [6.07, 6.45) is 2.08. The molecule has 346 valence electrons. The summed E-state index contributed by atoms with van der Waals surface area (Å²) in [4.78, 5) is 35.7. The highest BCUT2D eigenvalue weighted by Gasteiger charge is 2.41. The molecule has 0 radical (unpaired) electrons. The van der Waals surface area contributed by atoms with Crippen LogP contribution >= 0.6 is 0 Å². The topological polar surface area (TPSA) is 137 Å². The first-order valence-electron chi connectivity index (χ1n) is 22.1. The highest BCUT2D eigenvalue weighted by atomic mass is 19.4. The molecule has 0 aliphatic carbocycles. The molecule has 6 aromatic carbocycles. The third-order valence-electron chi connectivity index (χ3n) is 12.5. The lowest BCUT2D eigenvalue weighted by Gasteiger charge is -2.22. The summed E-state index contributed by atoms with van der Waals surface area (Å²) in [6, 6.07) is 35.2. The number of rotatable bonds is 7. The molecule has 11 nitrogen and oxygen atoms in total. The van der Waals surface area contributed by atoms with Gasteiger partial charge in [0.2, 0.25) is 0 Å². The predicted molar refractivity (Wildman–Crippen MR) is 259 cm³/mol. The monoisotopic (exact) mass is 957 g/mol. The highest BCUT2D eigenvalue weighted by molar-refractivity contribution is 6.13. The summed E-state index contributed by atoms with van der Waals surface area (Å²) < 4.78 is 95.6. The molecule has 6 heterocycles. The molecule has 17 heteroatoms. The van der Waals surface area contributed by atoms with Gasteiger partial charge in [-0.1, -0.05) is 54.6 Å². The van der Waals surface area contributed by atoms with E-state index in [1.807, 2.05) is 48.5 Å². The number of hydrogen-bond donors (Lipinski definition) is 0. The molecule has 0 spiro atoms. The maximum absolute atomic E-state index is 15.4. The Labute approximate surface area is 403 Å². The Morgan fingerprint density at radius 3 is 0.917 bits per heavy atom. The average molecular weight is 958 g/mol. The highest BCUT2D eigenvalue weighted by Crippen LogP contribution is 2.48. The summed E-state index contributed by atoms with van der Waals surface area (Å²) in [5.74, 6) is 1.39. The van der Waals surface area contributed by atoms with Crippen molar-refractivity contribution in [1.82, 2.24) is 49.0 Å². The lowest BCUT2D eigenvalue weighted by Crippen LogP contribution is -2.15. The molecule has 0 aliphatic rings. The number of halogens is 6. The zero-order valence-electron chi connectivity index (χ0n) is 36.9. The van der Waals surface area contributed by atoms with E-state index in [-0.39, 0.29) is 16.9 Å². The van der Waals surface area contributed by atoms with E-state index in [4.69, 9.17) is 0 Å². The van der Waals surface area contributed by atoms with E-state index >= 15 is 26.3 Å². The number of benzene rings is 6. The second-order valence-electron chi connectivity index (χ2n) is 16.6. The molecule has 0 fully saturated rings. The minimum Gasteiger partial charge on any atom is -0.308 e. The van der Waals surface area contributed by atoms with Crippen molar-refractivity contribution in [3.05, 3.63) is 194 Å². The minimum absolute atomic E-state index is 0.0348. The van der Waals surface area contributed by atoms with Gasteiger partial charge in [0.25, 0.3) is 0 Å². The van der Waals surface area contributed by atoms with E-state index in [0.717, 1.165) is 6.07 Å². The van der Waals surface area contributed by atoms with Crippen molar-refractivity contribution in [3.8, 4) is 74.1 Å². The number of fused-ring (bicyclic) bond motifs is 6. The average Bonchev–Trinajstić information content (AvgIpc) is 3.91. The van der Waals surface area contributed by atoms with E-state index in [0.29, 0.717) is 101 Å². The van der Waals surface area contributed by atoms with Crippen LogP contribution in [0, 0.1) is 11.3 Å². The van der Waals surface area contributed by atoms with Crippen molar-refractivity contribution < 1.29 is 26.3 Å². The van der Waals surface area contributed by atoms with Crippen LogP contribution in [-0.2, 0) is 12.4 Å². The second kappa shape index (κ2) is 16.8. The van der Waals surface area contributed by atoms with Crippen molar-refractivity contribution >= 4 is 43.6 Å². The van der Waals surface area contributed by atoms with E-state index < -0.39 is 34.6 Å². The maximum atomic E-state index is 15.4. The molecule has 0 N–H and O–H groups in total. The Bertz CT molecular complexity index is 3690. The van der Waals surface area contributed by atoms with Crippen LogP contribution < -0.4 is 0 Å². The number of alkyl halides is 6. The third-order valence-corrected chi connectivity index (χ3v) is 12.5. The molecule has 0 atom stereocenters. The normalized spacial score (nSPS) is 12.0. The Morgan fingerprint density at radius 1 is 0.361 bits per heavy atom. The van der Waals surface area contributed by atoms with Crippen LogP contribution in [0.2, 0.25) is 0 Å². The summed E-state index contributed by atoms with van der Waals surface area (Å²) in [5.41, 5.74) is -0.875. The van der Waals surface area contributed by atoms with E-state index in [9.17, 15) is 5.26 Å². The van der Waals surface area contributed by atoms with Gasteiger partial charge >= 0.3 is 12.4 Å². The quantitative estimate of drug-likeness (QED) is 0.143. The molecular formula is C55H29F6N11. The standard InChI is InChI=1S/C55H29F6N11/c56-54(57,58)41-6-1-7-42(55(59,60)61)49(41)35-28-47(71-43-24-31(50-63-16-2-17-64-50)8-12-36(43)37-13-9-32(25-44(37)71)51-65-18-3-19-66-51)40(30-62)48(29-35)72-45-26-33(52-67-20-4-21-68-52)10-14-38(45)39-15-11-34(27-46(39)72)53-69-22-5-23-70-53/h1-29H. The summed E-state index contributed by atoms with van der Waals surface area (Å²) in [7, 11) is 0. The number of nitriles is 1. The van der Waals surface area contributed by atoms with Crippen molar-refractivity contribution in [1.29, 1.82) is 5.26 Å². The van der Waals surface area contributed by atoms with Gasteiger partial charge in [-0.25, -0.2) is 39.9 Å². The molecule has 0 saturated carbocycles. The first-order chi connectivity index (χ1) is 34.9. The van der Waals surface area contributed by atoms with Crippen LogP contribution in [0.5, 0.6) is 0 Å². The van der Waals surface area contributed by atoms with Crippen LogP contribution in [0.15, 0.2) is 177 Å². The molecule has 0 bridgehead atoms. The first-order valence-corrected chi connectivity index (χ1v) is 22.1. The summed E-state index contributed by atoms with van der Waals surface area (Å²) in [5, 5.41) is 14.3. The zero-order chi connectivity index (χ0) is 49.3. The molecule has 0 amide bonds. The molecule has 0 unspecified atom stereocenters. The van der Waals surface area contributed by atoms with Gasteiger partial charge in [0.15, 0.2) is 23.3 Å². The number of hydrogen-bond acceptors (Lipinski definition) is 9. The summed E-state index contributed by atoms with van der Waals surface area (Å²) in [6.45, 7) is 0. The van der Waals surface area contributed by atoms with Crippen molar-refractivity contribution in [2.75, 3.05) is 0 Å². The van der Waals surface area contributed by atoms with E-state index in [2.05, 4.69) is 45.9 Å². The third kappa shape index (κ3) is 7.31. The van der Waals surface area contributed by atoms with E-state index in [1.54, 1.807) is 107 Å². The lowest BCUT2D eigenvalue weighted by molar-refractivity contribution is -0.142. The molecule has 0 aliphatic heterocycles. The van der Waals surface area contributed by atoms with Gasteiger partial charge in [-0.3, -0.25) is 0 Å². The number of aromatic nitrogens is 10. The van der Waals surface area contributed by atoms with Crippen LogP contribution in [0.4, 0.5) is 26.3 Å².